The highest BCUT2D eigenvalue weighted by Crippen LogP contribution is 2.50. The van der Waals surface area contributed by atoms with Crippen molar-refractivity contribution >= 4 is 14.9 Å². The fraction of sp³-hybridized carbons (Fsp3) is 0.900. The van der Waals surface area contributed by atoms with E-state index in [9.17, 15) is 4.79 Å². The zero-order chi connectivity index (χ0) is 8.55. The Morgan fingerprint density at radius 1 is 1.33 bits per heavy atom. The van der Waals surface area contributed by atoms with Crippen LogP contribution in [0.25, 0.3) is 0 Å². The van der Waals surface area contributed by atoms with Gasteiger partial charge in [0.05, 0.1) is 0 Å². The molecule has 0 atom stereocenters. The maximum absolute atomic E-state index is 10.9. The molecule has 0 N–H and O–H groups in total. The number of carbonyl (C=O) groups is 1. The molecule has 2 aliphatic carbocycles. The minimum Gasteiger partial charge on any atom is -0.307 e. The van der Waals surface area contributed by atoms with Crippen LogP contribution in [0.2, 0.25) is 6.04 Å². The van der Waals surface area contributed by atoms with Crippen LogP contribution in [0.3, 0.4) is 0 Å². The fourth-order valence-corrected chi connectivity index (χ4v) is 3.96. The molecule has 2 aliphatic rings. The Kier molecular flexibility index (Phi) is 2.35. The quantitative estimate of drug-likeness (QED) is 0.590. The van der Waals surface area contributed by atoms with E-state index >= 15 is 0 Å². The van der Waals surface area contributed by atoms with Gasteiger partial charge >= 0.3 is 0 Å². The molecule has 0 amide bonds. The lowest BCUT2D eigenvalue weighted by molar-refractivity contribution is -0.110. The van der Waals surface area contributed by atoms with Gasteiger partial charge in [0.2, 0.25) is 0 Å². The third-order valence-corrected chi connectivity index (χ3v) is 4.94. The molecule has 0 unspecified atom stereocenters. The lowest BCUT2D eigenvalue weighted by Crippen LogP contribution is -2.13. The van der Waals surface area contributed by atoms with E-state index in [4.69, 9.17) is 0 Å². The summed E-state index contributed by atoms with van der Waals surface area (Å²) in [6.07, 6.45) is 5.86. The van der Waals surface area contributed by atoms with Gasteiger partial charge < -0.3 is 4.79 Å². The second kappa shape index (κ2) is 3.33. The molecule has 2 heteroatoms. The number of rotatable bonds is 5. The molecule has 0 saturated heterocycles. The van der Waals surface area contributed by atoms with Crippen LogP contribution >= 0.6 is 0 Å². The topological polar surface area (TPSA) is 17.1 Å². The normalized spacial score (nSPS) is 24.2. The standard InChI is InChI=1S/C10H18OSi/c1-7(11)12-6-10(8-2-3-8)9-4-5-9/h8-10H,2-6,12H2,1H3. The van der Waals surface area contributed by atoms with Gasteiger partial charge in [-0.2, -0.15) is 0 Å². The van der Waals surface area contributed by atoms with E-state index in [1.807, 2.05) is 0 Å². The van der Waals surface area contributed by atoms with Crippen LogP contribution in [-0.2, 0) is 4.79 Å². The Bertz CT molecular complexity index is 170. The van der Waals surface area contributed by atoms with Gasteiger partial charge in [-0.05, 0) is 50.4 Å². The Balaban J connectivity index is 1.76. The zero-order valence-corrected chi connectivity index (χ0v) is 9.30. The van der Waals surface area contributed by atoms with Gasteiger partial charge in [0.25, 0.3) is 0 Å². The van der Waals surface area contributed by atoms with Crippen LogP contribution < -0.4 is 0 Å². The Hall–Kier alpha value is -0.113. The lowest BCUT2D eigenvalue weighted by atomic mass is 10.0. The summed E-state index contributed by atoms with van der Waals surface area (Å²) < 4.78 is 0. The summed E-state index contributed by atoms with van der Waals surface area (Å²) in [5, 5.41) is 0.515. The molecule has 0 aromatic heterocycles. The van der Waals surface area contributed by atoms with E-state index in [2.05, 4.69) is 0 Å². The average molecular weight is 182 g/mol. The molecular formula is C10H18OSi. The van der Waals surface area contributed by atoms with Crippen molar-refractivity contribution in [3.8, 4) is 0 Å². The van der Waals surface area contributed by atoms with Crippen molar-refractivity contribution in [1.82, 2.24) is 0 Å². The molecule has 2 saturated carbocycles. The Morgan fingerprint density at radius 2 is 1.83 bits per heavy atom. The van der Waals surface area contributed by atoms with Crippen LogP contribution in [-0.4, -0.2) is 14.9 Å². The third-order valence-electron chi connectivity index (χ3n) is 3.28. The maximum atomic E-state index is 10.9. The van der Waals surface area contributed by atoms with E-state index in [1.165, 1.54) is 31.7 Å². The van der Waals surface area contributed by atoms with Gasteiger partial charge in [0, 0.05) is 0 Å². The van der Waals surface area contributed by atoms with E-state index in [1.54, 1.807) is 6.92 Å². The first-order valence-electron chi connectivity index (χ1n) is 5.27. The van der Waals surface area contributed by atoms with Gasteiger partial charge in [-0.15, -0.1) is 0 Å². The van der Waals surface area contributed by atoms with Gasteiger partial charge in [-0.3, -0.25) is 0 Å². The molecule has 1 nitrogen and oxygen atoms in total. The van der Waals surface area contributed by atoms with E-state index < -0.39 is 0 Å². The summed E-state index contributed by atoms with van der Waals surface area (Å²) in [4.78, 5) is 10.9. The molecule has 0 aromatic rings. The SMILES string of the molecule is CC(=O)[SiH2]CC(C1CC1)C1CC1. The third kappa shape index (κ3) is 2.19. The second-order valence-corrected chi connectivity index (χ2v) is 6.65. The summed E-state index contributed by atoms with van der Waals surface area (Å²) >= 11 is 0. The van der Waals surface area contributed by atoms with Gasteiger partial charge in [0.1, 0.15) is 14.9 Å². The second-order valence-electron chi connectivity index (χ2n) is 4.58. The van der Waals surface area contributed by atoms with Crippen molar-refractivity contribution in [2.24, 2.45) is 17.8 Å². The van der Waals surface area contributed by atoms with Crippen LogP contribution in [0, 0.1) is 17.8 Å². The molecule has 2 fully saturated rings. The number of hydrogen-bond acceptors (Lipinski definition) is 1. The summed E-state index contributed by atoms with van der Waals surface area (Å²) in [5.74, 6) is 3.08. The van der Waals surface area contributed by atoms with E-state index in [-0.39, 0.29) is 9.52 Å². The summed E-state index contributed by atoms with van der Waals surface area (Å²) in [6.45, 7) is 1.78. The fourth-order valence-electron chi connectivity index (χ4n) is 2.27. The van der Waals surface area contributed by atoms with E-state index in [0.29, 0.717) is 5.41 Å². The molecule has 0 spiro atoms. The van der Waals surface area contributed by atoms with Crippen LogP contribution in [0.4, 0.5) is 0 Å². The van der Waals surface area contributed by atoms with Crippen molar-refractivity contribution in [3.05, 3.63) is 0 Å². The molecule has 2 rings (SSSR count). The largest absolute Gasteiger partial charge is 0.307 e. The first-order valence-corrected chi connectivity index (χ1v) is 6.97. The molecule has 68 valence electrons. The summed E-state index contributed by atoms with van der Waals surface area (Å²) in [7, 11) is -0.346. The molecule has 0 bridgehead atoms. The smallest absolute Gasteiger partial charge is 0.101 e. The van der Waals surface area contributed by atoms with Crippen molar-refractivity contribution in [2.45, 2.75) is 38.7 Å². The van der Waals surface area contributed by atoms with Gasteiger partial charge in [-0.1, -0.05) is 6.04 Å². The molecule has 0 aliphatic heterocycles. The average Bonchev–Trinajstić information content (AvgIpc) is 2.83. The zero-order valence-electron chi connectivity index (χ0n) is 7.88. The molecule has 12 heavy (non-hydrogen) atoms. The summed E-state index contributed by atoms with van der Waals surface area (Å²) in [6, 6.07) is 1.32. The van der Waals surface area contributed by atoms with Gasteiger partial charge in [0.15, 0.2) is 0 Å². The number of carbonyl (C=O) groups excluding carboxylic acids is 1. The molecule has 0 radical (unpaired) electrons. The predicted molar refractivity (Wildman–Crippen MR) is 53.0 cm³/mol. The van der Waals surface area contributed by atoms with Crippen molar-refractivity contribution in [3.63, 3.8) is 0 Å². The minimum atomic E-state index is -0.346. The highest BCUT2D eigenvalue weighted by atomic mass is 28.2. The highest BCUT2D eigenvalue weighted by Gasteiger charge is 2.40. The van der Waals surface area contributed by atoms with Crippen LogP contribution in [0.1, 0.15) is 32.6 Å². The van der Waals surface area contributed by atoms with Crippen LogP contribution in [0.5, 0.6) is 0 Å². The molecule has 0 aromatic carbocycles. The van der Waals surface area contributed by atoms with Crippen molar-refractivity contribution in [2.75, 3.05) is 0 Å². The predicted octanol–water partition coefficient (Wildman–Crippen LogP) is 1.56. The van der Waals surface area contributed by atoms with Crippen molar-refractivity contribution < 1.29 is 4.79 Å². The Labute approximate surface area is 76.7 Å². The Morgan fingerprint density at radius 3 is 2.17 bits per heavy atom. The molecule has 0 heterocycles. The molecular weight excluding hydrogens is 164 g/mol. The van der Waals surface area contributed by atoms with Crippen molar-refractivity contribution in [1.29, 1.82) is 0 Å². The number of hydrogen-bond donors (Lipinski definition) is 0. The van der Waals surface area contributed by atoms with E-state index in [0.717, 1.165) is 17.8 Å². The van der Waals surface area contributed by atoms with Crippen LogP contribution in [0.15, 0.2) is 0 Å². The first kappa shape index (κ1) is 8.48. The monoisotopic (exact) mass is 182 g/mol. The first-order chi connectivity index (χ1) is 5.77. The lowest BCUT2D eigenvalue weighted by Gasteiger charge is -2.13. The summed E-state index contributed by atoms with van der Waals surface area (Å²) in [5.41, 5.74) is 0. The van der Waals surface area contributed by atoms with Gasteiger partial charge in [-0.25, -0.2) is 0 Å². The maximum Gasteiger partial charge on any atom is 0.101 e. The highest BCUT2D eigenvalue weighted by molar-refractivity contribution is 6.73. The minimum absolute atomic E-state index is 0.346.